The summed E-state index contributed by atoms with van der Waals surface area (Å²) in [5, 5.41) is 4.17. The van der Waals surface area contributed by atoms with Gasteiger partial charge in [0.05, 0.1) is 24.1 Å². The second-order valence-corrected chi connectivity index (χ2v) is 11.5. The smallest absolute Gasteiger partial charge is 0.261 e. The first-order valence-corrected chi connectivity index (χ1v) is 15.0. The molecule has 0 bridgehead atoms. The van der Waals surface area contributed by atoms with Gasteiger partial charge in [0, 0.05) is 57.0 Å². The molecule has 0 radical (unpaired) electrons. The van der Waals surface area contributed by atoms with Gasteiger partial charge in [0.1, 0.15) is 11.6 Å². The lowest BCUT2D eigenvalue weighted by molar-refractivity contribution is 0.115. The predicted molar refractivity (Wildman–Crippen MR) is 164 cm³/mol. The number of hydrogen-bond donors (Lipinski definition) is 1. The SMILES string of the molecule is CCCC(c1nc2ccc(N3CCC(c4cccc(OC)c4)(N(C)C)CC3)cc2c(=O)n1CC)N1CCNCC1. The number of nitrogens with zero attached hydrogens (tertiary/aromatic N) is 5. The van der Waals surface area contributed by atoms with E-state index in [1.54, 1.807) is 7.11 Å². The Hall–Kier alpha value is -2.94. The molecule has 2 aliphatic heterocycles. The second kappa shape index (κ2) is 12.3. The topological polar surface area (TPSA) is 65.9 Å². The molecule has 40 heavy (non-hydrogen) atoms. The molecule has 0 spiro atoms. The van der Waals surface area contributed by atoms with Crippen molar-refractivity contribution in [2.75, 3.05) is 65.4 Å². The summed E-state index contributed by atoms with van der Waals surface area (Å²) in [5.41, 5.74) is 3.24. The standard InChI is InChI=1S/C32H46N6O2/c1-6-9-29(37-20-16-33-17-21-37)30-34-28-13-12-25(23-27(28)31(39)38(30)7-2)36-18-14-32(15-19-36,35(3)4)24-10-8-11-26(22-24)40-5/h8,10-13,22-23,29,33H,6-7,9,14-21H2,1-5H3. The zero-order valence-corrected chi connectivity index (χ0v) is 24.9. The van der Waals surface area contributed by atoms with Crippen molar-refractivity contribution in [3.8, 4) is 5.75 Å². The van der Waals surface area contributed by atoms with Crippen LogP contribution in [0, 0.1) is 0 Å². The summed E-state index contributed by atoms with van der Waals surface area (Å²) in [4.78, 5) is 26.3. The Morgan fingerprint density at radius 1 is 1.05 bits per heavy atom. The van der Waals surface area contributed by atoms with Crippen LogP contribution in [0.2, 0.25) is 0 Å². The van der Waals surface area contributed by atoms with Crippen LogP contribution in [0.25, 0.3) is 10.9 Å². The van der Waals surface area contributed by atoms with Gasteiger partial charge in [-0.2, -0.15) is 0 Å². The van der Waals surface area contributed by atoms with Crippen molar-refractivity contribution in [3.05, 3.63) is 64.2 Å². The minimum absolute atomic E-state index is 0.0501. The van der Waals surface area contributed by atoms with Gasteiger partial charge in [-0.1, -0.05) is 25.5 Å². The van der Waals surface area contributed by atoms with Crippen molar-refractivity contribution in [1.82, 2.24) is 24.7 Å². The Bertz CT molecular complexity index is 1360. The molecule has 2 aromatic carbocycles. The first kappa shape index (κ1) is 28.6. The molecule has 216 valence electrons. The number of piperazine rings is 1. The first-order chi connectivity index (χ1) is 19.4. The molecule has 0 aliphatic carbocycles. The van der Waals surface area contributed by atoms with E-state index >= 15 is 0 Å². The summed E-state index contributed by atoms with van der Waals surface area (Å²) in [5.74, 6) is 1.82. The summed E-state index contributed by atoms with van der Waals surface area (Å²) in [6, 6.07) is 15.0. The van der Waals surface area contributed by atoms with Gasteiger partial charge in [0.25, 0.3) is 5.56 Å². The monoisotopic (exact) mass is 546 g/mol. The fourth-order valence-corrected chi connectivity index (χ4v) is 6.77. The molecule has 1 N–H and O–H groups in total. The normalized spacial score (nSPS) is 18.8. The van der Waals surface area contributed by atoms with E-state index in [1.165, 1.54) is 5.56 Å². The second-order valence-electron chi connectivity index (χ2n) is 11.5. The molecule has 1 unspecified atom stereocenters. The quantitative estimate of drug-likeness (QED) is 0.431. The lowest BCUT2D eigenvalue weighted by Gasteiger charge is -2.47. The van der Waals surface area contributed by atoms with E-state index in [9.17, 15) is 4.79 Å². The van der Waals surface area contributed by atoms with Crippen molar-refractivity contribution in [2.24, 2.45) is 0 Å². The first-order valence-electron chi connectivity index (χ1n) is 15.0. The molecular weight excluding hydrogens is 500 g/mol. The number of piperidine rings is 1. The molecule has 1 aromatic heterocycles. The van der Waals surface area contributed by atoms with Crippen molar-refractivity contribution in [3.63, 3.8) is 0 Å². The summed E-state index contributed by atoms with van der Waals surface area (Å²) in [6.07, 6.45) is 4.05. The number of rotatable bonds is 9. The maximum absolute atomic E-state index is 13.9. The van der Waals surface area contributed by atoms with Gasteiger partial charge in [-0.3, -0.25) is 19.2 Å². The van der Waals surface area contributed by atoms with E-state index in [1.807, 2.05) is 10.6 Å². The van der Waals surface area contributed by atoms with E-state index in [4.69, 9.17) is 9.72 Å². The zero-order valence-electron chi connectivity index (χ0n) is 24.9. The van der Waals surface area contributed by atoms with E-state index < -0.39 is 0 Å². The highest BCUT2D eigenvalue weighted by Gasteiger charge is 2.38. The molecule has 8 nitrogen and oxygen atoms in total. The average Bonchev–Trinajstić information content (AvgIpc) is 3.00. The molecular formula is C32H46N6O2. The van der Waals surface area contributed by atoms with Gasteiger partial charge in [-0.15, -0.1) is 0 Å². The summed E-state index contributed by atoms with van der Waals surface area (Å²) in [6.45, 7) is 10.7. The fourth-order valence-electron chi connectivity index (χ4n) is 6.77. The minimum Gasteiger partial charge on any atom is -0.497 e. The average molecular weight is 547 g/mol. The summed E-state index contributed by atoms with van der Waals surface area (Å²) >= 11 is 0. The number of nitrogens with one attached hydrogen (secondary N) is 1. The number of anilines is 1. The van der Waals surface area contributed by atoms with Crippen LogP contribution in [0.15, 0.2) is 47.3 Å². The number of methoxy groups -OCH3 is 1. The number of ether oxygens (including phenoxy) is 1. The van der Waals surface area contributed by atoms with Gasteiger partial charge >= 0.3 is 0 Å². The van der Waals surface area contributed by atoms with Crippen molar-refractivity contribution < 1.29 is 4.74 Å². The van der Waals surface area contributed by atoms with Crippen molar-refractivity contribution in [2.45, 2.75) is 57.7 Å². The molecule has 3 heterocycles. The largest absolute Gasteiger partial charge is 0.497 e. The van der Waals surface area contributed by atoms with Crippen LogP contribution in [-0.2, 0) is 12.1 Å². The van der Waals surface area contributed by atoms with E-state index in [2.05, 4.69) is 84.4 Å². The highest BCUT2D eigenvalue weighted by atomic mass is 16.5. The number of hydrogen-bond acceptors (Lipinski definition) is 7. The van der Waals surface area contributed by atoms with Crippen LogP contribution in [0.5, 0.6) is 5.75 Å². The van der Waals surface area contributed by atoms with Crippen LogP contribution >= 0.6 is 0 Å². The minimum atomic E-state index is -0.0501. The summed E-state index contributed by atoms with van der Waals surface area (Å²) < 4.78 is 7.45. The van der Waals surface area contributed by atoms with Crippen LogP contribution in [0.1, 0.15) is 57.0 Å². The third kappa shape index (κ3) is 5.37. The third-order valence-electron chi connectivity index (χ3n) is 9.15. The number of benzene rings is 2. The Kier molecular flexibility index (Phi) is 8.78. The van der Waals surface area contributed by atoms with E-state index in [0.29, 0.717) is 6.54 Å². The Labute approximate surface area is 238 Å². The Morgan fingerprint density at radius 2 is 1.80 bits per heavy atom. The molecule has 2 saturated heterocycles. The van der Waals surface area contributed by atoms with E-state index in [0.717, 1.165) is 93.1 Å². The van der Waals surface area contributed by atoms with Crippen LogP contribution < -0.4 is 20.5 Å². The van der Waals surface area contributed by atoms with Crippen molar-refractivity contribution in [1.29, 1.82) is 0 Å². The van der Waals surface area contributed by atoms with Gasteiger partial charge in [-0.25, -0.2) is 4.98 Å². The molecule has 8 heteroatoms. The third-order valence-corrected chi connectivity index (χ3v) is 9.15. The summed E-state index contributed by atoms with van der Waals surface area (Å²) in [7, 11) is 6.07. The highest BCUT2D eigenvalue weighted by Crippen LogP contribution is 2.40. The van der Waals surface area contributed by atoms with Gasteiger partial charge in [-0.05, 0) is 76.2 Å². The number of aromatic nitrogens is 2. The lowest BCUT2D eigenvalue weighted by Crippen LogP contribution is -2.50. The van der Waals surface area contributed by atoms with Crippen LogP contribution in [0.4, 0.5) is 5.69 Å². The highest BCUT2D eigenvalue weighted by molar-refractivity contribution is 5.82. The molecule has 5 rings (SSSR count). The Balaban J connectivity index is 1.44. The maximum atomic E-state index is 13.9. The number of fused-ring (bicyclic) bond motifs is 1. The maximum Gasteiger partial charge on any atom is 0.261 e. The van der Waals surface area contributed by atoms with Gasteiger partial charge in [0.15, 0.2) is 0 Å². The lowest BCUT2D eigenvalue weighted by atomic mass is 9.79. The zero-order chi connectivity index (χ0) is 28.3. The molecule has 3 aromatic rings. The van der Waals surface area contributed by atoms with Crippen LogP contribution in [0.3, 0.4) is 0 Å². The van der Waals surface area contributed by atoms with Crippen molar-refractivity contribution >= 4 is 16.6 Å². The van der Waals surface area contributed by atoms with Crippen LogP contribution in [-0.4, -0.2) is 79.8 Å². The molecule has 1 atom stereocenters. The molecule has 0 saturated carbocycles. The van der Waals surface area contributed by atoms with Gasteiger partial charge < -0.3 is 15.0 Å². The molecule has 2 fully saturated rings. The van der Waals surface area contributed by atoms with Gasteiger partial charge in [0.2, 0.25) is 0 Å². The van der Waals surface area contributed by atoms with E-state index in [-0.39, 0.29) is 17.1 Å². The molecule has 0 amide bonds. The fraction of sp³-hybridized carbons (Fsp3) is 0.562. The molecule has 2 aliphatic rings. The Morgan fingerprint density at radius 3 is 2.45 bits per heavy atom. The predicted octanol–water partition coefficient (Wildman–Crippen LogP) is 4.23.